The maximum absolute atomic E-state index is 5.40. The standard InChI is InChI=1S/C19H31NO/c1-4-20-19(16-10-8-6-5-7-9-11-16)17-12-13-18(21-3)15(2)14-17/h12-14,16,19-20H,4-11H2,1-3H3. The molecule has 1 N–H and O–H groups in total. The molecule has 1 aliphatic rings. The third-order valence-electron chi connectivity index (χ3n) is 4.82. The van der Waals surface area contributed by atoms with Crippen molar-refractivity contribution < 1.29 is 4.74 Å². The first-order valence-corrected chi connectivity index (χ1v) is 8.64. The van der Waals surface area contributed by atoms with Crippen LogP contribution in [0.15, 0.2) is 18.2 Å². The molecule has 2 heteroatoms. The summed E-state index contributed by atoms with van der Waals surface area (Å²) in [4.78, 5) is 0. The zero-order valence-corrected chi connectivity index (χ0v) is 14.0. The van der Waals surface area contributed by atoms with E-state index in [1.807, 2.05) is 0 Å². The molecule has 1 aromatic carbocycles. The van der Waals surface area contributed by atoms with Crippen LogP contribution >= 0.6 is 0 Å². The molecule has 0 heterocycles. The predicted molar refractivity (Wildman–Crippen MR) is 90.0 cm³/mol. The summed E-state index contributed by atoms with van der Waals surface area (Å²) in [6.45, 7) is 5.39. The van der Waals surface area contributed by atoms with E-state index in [4.69, 9.17) is 4.74 Å². The van der Waals surface area contributed by atoms with Crippen molar-refractivity contribution in [3.8, 4) is 5.75 Å². The average Bonchev–Trinajstić information content (AvgIpc) is 2.45. The largest absolute Gasteiger partial charge is 0.496 e. The van der Waals surface area contributed by atoms with Gasteiger partial charge in [-0.25, -0.2) is 0 Å². The molecule has 118 valence electrons. The Bertz CT molecular complexity index is 422. The van der Waals surface area contributed by atoms with Gasteiger partial charge in [0, 0.05) is 6.04 Å². The van der Waals surface area contributed by atoms with Crippen molar-refractivity contribution in [2.75, 3.05) is 13.7 Å². The molecular formula is C19H31NO. The molecule has 0 saturated heterocycles. The summed E-state index contributed by atoms with van der Waals surface area (Å²) < 4.78 is 5.40. The van der Waals surface area contributed by atoms with Crippen LogP contribution in [0.3, 0.4) is 0 Å². The Balaban J connectivity index is 2.18. The number of rotatable bonds is 5. The normalized spacial score (nSPS) is 18.8. The molecule has 2 rings (SSSR count). The van der Waals surface area contributed by atoms with Gasteiger partial charge in [0.2, 0.25) is 0 Å². The number of ether oxygens (including phenoxy) is 1. The van der Waals surface area contributed by atoms with E-state index in [-0.39, 0.29) is 0 Å². The average molecular weight is 289 g/mol. The van der Waals surface area contributed by atoms with Crippen LogP contribution in [0.5, 0.6) is 5.75 Å². The fourth-order valence-electron chi connectivity index (χ4n) is 3.69. The molecule has 1 aromatic rings. The van der Waals surface area contributed by atoms with E-state index < -0.39 is 0 Å². The summed E-state index contributed by atoms with van der Waals surface area (Å²) in [6.07, 6.45) is 9.77. The highest BCUT2D eigenvalue weighted by atomic mass is 16.5. The van der Waals surface area contributed by atoms with Crippen LogP contribution in [0, 0.1) is 12.8 Å². The smallest absolute Gasteiger partial charge is 0.121 e. The first kappa shape index (κ1) is 16.4. The first-order chi connectivity index (χ1) is 10.3. The zero-order valence-electron chi connectivity index (χ0n) is 14.0. The van der Waals surface area contributed by atoms with Crippen molar-refractivity contribution in [3.05, 3.63) is 29.3 Å². The highest BCUT2D eigenvalue weighted by Crippen LogP contribution is 2.34. The van der Waals surface area contributed by atoms with Gasteiger partial charge in [0.25, 0.3) is 0 Å². The molecule has 0 radical (unpaired) electrons. The van der Waals surface area contributed by atoms with Gasteiger partial charge in [-0.1, -0.05) is 51.2 Å². The highest BCUT2D eigenvalue weighted by molar-refractivity contribution is 5.37. The van der Waals surface area contributed by atoms with Crippen molar-refractivity contribution in [2.45, 2.75) is 64.8 Å². The number of hydrogen-bond acceptors (Lipinski definition) is 2. The van der Waals surface area contributed by atoms with E-state index in [0.29, 0.717) is 6.04 Å². The second kappa shape index (κ2) is 8.43. The van der Waals surface area contributed by atoms with Crippen LogP contribution in [0.4, 0.5) is 0 Å². The maximum atomic E-state index is 5.40. The van der Waals surface area contributed by atoms with Gasteiger partial charge in [-0.15, -0.1) is 0 Å². The van der Waals surface area contributed by atoms with E-state index >= 15 is 0 Å². The van der Waals surface area contributed by atoms with Crippen molar-refractivity contribution in [3.63, 3.8) is 0 Å². The minimum Gasteiger partial charge on any atom is -0.496 e. The van der Waals surface area contributed by atoms with Crippen LogP contribution < -0.4 is 10.1 Å². The van der Waals surface area contributed by atoms with Gasteiger partial charge in [-0.2, -0.15) is 0 Å². The molecule has 1 fully saturated rings. The molecule has 0 amide bonds. The van der Waals surface area contributed by atoms with Gasteiger partial charge in [-0.05, 0) is 49.4 Å². The Kier molecular flexibility index (Phi) is 6.56. The monoisotopic (exact) mass is 289 g/mol. The van der Waals surface area contributed by atoms with Crippen molar-refractivity contribution in [1.29, 1.82) is 0 Å². The van der Waals surface area contributed by atoms with E-state index in [2.05, 4.69) is 37.4 Å². The molecule has 2 nitrogen and oxygen atoms in total. The minimum atomic E-state index is 0.498. The molecule has 1 atom stereocenters. The van der Waals surface area contributed by atoms with E-state index in [0.717, 1.165) is 18.2 Å². The number of benzene rings is 1. The minimum absolute atomic E-state index is 0.498. The lowest BCUT2D eigenvalue weighted by Crippen LogP contribution is -2.29. The van der Waals surface area contributed by atoms with Gasteiger partial charge in [0.15, 0.2) is 0 Å². The Labute approximate surface area is 130 Å². The van der Waals surface area contributed by atoms with Crippen molar-refractivity contribution in [1.82, 2.24) is 5.32 Å². The first-order valence-electron chi connectivity index (χ1n) is 8.64. The number of aryl methyl sites for hydroxylation is 1. The Morgan fingerprint density at radius 2 is 1.81 bits per heavy atom. The Morgan fingerprint density at radius 1 is 1.14 bits per heavy atom. The summed E-state index contributed by atoms with van der Waals surface area (Å²) in [6, 6.07) is 7.18. The molecule has 0 aromatic heterocycles. The Morgan fingerprint density at radius 3 is 2.38 bits per heavy atom. The topological polar surface area (TPSA) is 21.3 Å². The quantitative estimate of drug-likeness (QED) is 0.822. The van der Waals surface area contributed by atoms with Gasteiger partial charge in [0.1, 0.15) is 5.75 Å². The second-order valence-electron chi connectivity index (χ2n) is 6.37. The summed E-state index contributed by atoms with van der Waals surface area (Å²) in [5.41, 5.74) is 2.67. The van der Waals surface area contributed by atoms with Crippen LogP contribution in [-0.2, 0) is 0 Å². The Hall–Kier alpha value is -1.02. The third kappa shape index (κ3) is 4.47. The third-order valence-corrected chi connectivity index (χ3v) is 4.82. The highest BCUT2D eigenvalue weighted by Gasteiger charge is 2.23. The van der Waals surface area contributed by atoms with E-state index in [9.17, 15) is 0 Å². The number of methoxy groups -OCH3 is 1. The summed E-state index contributed by atoms with van der Waals surface area (Å²) in [7, 11) is 1.75. The molecule has 21 heavy (non-hydrogen) atoms. The lowest BCUT2D eigenvalue weighted by molar-refractivity contribution is 0.291. The predicted octanol–water partition coefficient (Wildman–Crippen LogP) is 5.01. The van der Waals surface area contributed by atoms with E-state index in [1.165, 1.54) is 56.1 Å². The van der Waals surface area contributed by atoms with Gasteiger partial charge >= 0.3 is 0 Å². The summed E-state index contributed by atoms with van der Waals surface area (Å²) in [5.74, 6) is 1.77. The SMILES string of the molecule is CCNC(c1ccc(OC)c(C)c1)C1CCCCCCC1. The molecule has 1 unspecified atom stereocenters. The number of hydrogen-bond donors (Lipinski definition) is 1. The molecule has 0 spiro atoms. The van der Waals surface area contributed by atoms with Gasteiger partial charge in [-0.3, -0.25) is 0 Å². The lowest BCUT2D eigenvalue weighted by Gasteiger charge is -2.30. The van der Waals surface area contributed by atoms with Crippen LogP contribution in [0.2, 0.25) is 0 Å². The van der Waals surface area contributed by atoms with E-state index in [1.54, 1.807) is 7.11 Å². The molecule has 0 aliphatic heterocycles. The fourth-order valence-corrected chi connectivity index (χ4v) is 3.69. The maximum Gasteiger partial charge on any atom is 0.121 e. The molecule has 1 saturated carbocycles. The summed E-state index contributed by atoms with van der Waals surface area (Å²) >= 11 is 0. The van der Waals surface area contributed by atoms with Crippen LogP contribution in [0.1, 0.15) is 69.0 Å². The second-order valence-corrected chi connectivity index (χ2v) is 6.37. The molecule has 0 bridgehead atoms. The van der Waals surface area contributed by atoms with Gasteiger partial charge < -0.3 is 10.1 Å². The van der Waals surface area contributed by atoms with Crippen molar-refractivity contribution >= 4 is 0 Å². The van der Waals surface area contributed by atoms with Crippen molar-refractivity contribution in [2.24, 2.45) is 5.92 Å². The number of nitrogens with one attached hydrogen (secondary N) is 1. The fraction of sp³-hybridized carbons (Fsp3) is 0.684. The summed E-state index contributed by atoms with van der Waals surface area (Å²) in [5, 5.41) is 3.74. The van der Waals surface area contributed by atoms with Crippen LogP contribution in [-0.4, -0.2) is 13.7 Å². The molecule has 1 aliphatic carbocycles. The zero-order chi connectivity index (χ0) is 15.1. The van der Waals surface area contributed by atoms with Crippen LogP contribution in [0.25, 0.3) is 0 Å². The van der Waals surface area contributed by atoms with Gasteiger partial charge in [0.05, 0.1) is 7.11 Å². The lowest BCUT2D eigenvalue weighted by atomic mass is 9.82. The molecular weight excluding hydrogens is 258 g/mol.